The fourth-order valence-corrected chi connectivity index (χ4v) is 1.72. The smallest absolute Gasteiger partial charge is 0.266 e. The zero-order valence-electron chi connectivity index (χ0n) is 9.53. The van der Waals surface area contributed by atoms with Crippen molar-refractivity contribution in [2.45, 2.75) is 32.7 Å². The third-order valence-corrected chi connectivity index (χ3v) is 2.68. The summed E-state index contributed by atoms with van der Waals surface area (Å²) in [4.78, 5) is 6.59. The maximum atomic E-state index is 5.20. The molecular weight excluding hydrogens is 192 g/mol. The van der Waals surface area contributed by atoms with Gasteiger partial charge in [0.2, 0.25) is 5.89 Å². The van der Waals surface area contributed by atoms with Gasteiger partial charge < -0.3 is 14.7 Å². The van der Waals surface area contributed by atoms with Gasteiger partial charge >= 0.3 is 0 Å². The Kier molecular flexibility index (Phi) is 2.90. The number of nitrogens with zero attached hydrogens (tertiary/aromatic N) is 3. The molecule has 1 N–H and O–H groups in total. The van der Waals surface area contributed by atoms with E-state index >= 15 is 0 Å². The van der Waals surface area contributed by atoms with Crippen LogP contribution in [0, 0.1) is 0 Å². The highest BCUT2D eigenvalue weighted by Gasteiger charge is 2.23. The summed E-state index contributed by atoms with van der Waals surface area (Å²) in [6, 6.07) is 0.427. The molecule has 1 fully saturated rings. The maximum Gasteiger partial charge on any atom is 0.266 e. The fraction of sp³-hybridized carbons (Fsp3) is 0.800. The second kappa shape index (κ2) is 4.18. The van der Waals surface area contributed by atoms with Crippen molar-refractivity contribution in [2.75, 3.05) is 24.5 Å². The molecule has 0 amide bonds. The van der Waals surface area contributed by atoms with Gasteiger partial charge in [0.15, 0.2) is 0 Å². The third-order valence-electron chi connectivity index (χ3n) is 2.68. The molecule has 2 rings (SSSR count). The lowest BCUT2D eigenvalue weighted by Crippen LogP contribution is -2.50. The molecule has 1 aliphatic heterocycles. The van der Waals surface area contributed by atoms with Crippen LogP contribution in [-0.2, 0) is 0 Å². The van der Waals surface area contributed by atoms with Crippen LogP contribution in [0.1, 0.15) is 32.6 Å². The van der Waals surface area contributed by atoms with Crippen molar-refractivity contribution in [1.29, 1.82) is 0 Å². The van der Waals surface area contributed by atoms with E-state index < -0.39 is 0 Å². The van der Waals surface area contributed by atoms with Gasteiger partial charge in [-0.15, -0.1) is 0 Å². The number of anilines is 1. The molecule has 0 aliphatic carbocycles. The van der Waals surface area contributed by atoms with Crippen molar-refractivity contribution in [2.24, 2.45) is 0 Å². The Morgan fingerprint density at radius 3 is 2.93 bits per heavy atom. The van der Waals surface area contributed by atoms with Crippen LogP contribution in [0.3, 0.4) is 0 Å². The van der Waals surface area contributed by atoms with Gasteiger partial charge in [-0.05, 0) is 12.1 Å². The van der Waals surface area contributed by atoms with Crippen molar-refractivity contribution >= 4 is 5.95 Å². The Balaban J connectivity index is 2.13. The zero-order chi connectivity index (χ0) is 10.8. The molecule has 0 aromatic carbocycles. The minimum atomic E-state index is 0.296. The zero-order valence-corrected chi connectivity index (χ0v) is 9.53. The first-order valence-corrected chi connectivity index (χ1v) is 5.49. The molecule has 1 saturated heterocycles. The first-order valence-electron chi connectivity index (χ1n) is 5.49. The van der Waals surface area contributed by atoms with E-state index in [9.17, 15) is 0 Å². The summed E-state index contributed by atoms with van der Waals surface area (Å²) in [5, 5.41) is 7.36. The van der Waals surface area contributed by atoms with Gasteiger partial charge in [-0.1, -0.05) is 13.8 Å². The predicted molar refractivity (Wildman–Crippen MR) is 58.1 cm³/mol. The molecule has 15 heavy (non-hydrogen) atoms. The van der Waals surface area contributed by atoms with Crippen LogP contribution in [0.25, 0.3) is 0 Å². The molecule has 0 saturated carbocycles. The highest BCUT2D eigenvalue weighted by molar-refractivity contribution is 5.31. The molecule has 1 aromatic heterocycles. The highest BCUT2D eigenvalue weighted by Crippen LogP contribution is 2.18. The Bertz CT molecular complexity index is 323. The molecule has 1 aromatic rings. The summed E-state index contributed by atoms with van der Waals surface area (Å²) < 4.78 is 5.20. The number of piperazine rings is 1. The minimum Gasteiger partial charge on any atom is -0.337 e. The molecular formula is C10H18N4O. The summed E-state index contributed by atoms with van der Waals surface area (Å²) in [7, 11) is 0. The molecule has 0 unspecified atom stereocenters. The van der Waals surface area contributed by atoms with E-state index in [1.165, 1.54) is 0 Å². The number of hydrogen-bond donors (Lipinski definition) is 1. The van der Waals surface area contributed by atoms with E-state index in [2.05, 4.69) is 41.1 Å². The largest absolute Gasteiger partial charge is 0.337 e. The number of rotatable bonds is 2. The van der Waals surface area contributed by atoms with E-state index in [1.54, 1.807) is 0 Å². The molecule has 1 aliphatic rings. The number of aromatic nitrogens is 2. The average molecular weight is 210 g/mol. The monoisotopic (exact) mass is 210 g/mol. The van der Waals surface area contributed by atoms with Crippen LogP contribution in [0.2, 0.25) is 0 Å². The van der Waals surface area contributed by atoms with Gasteiger partial charge in [0.05, 0.1) is 0 Å². The van der Waals surface area contributed by atoms with Gasteiger partial charge in [0.25, 0.3) is 5.95 Å². The first-order chi connectivity index (χ1) is 7.18. The van der Waals surface area contributed by atoms with E-state index in [4.69, 9.17) is 4.52 Å². The summed E-state index contributed by atoms with van der Waals surface area (Å²) in [5.74, 6) is 1.74. The molecule has 0 bridgehead atoms. The number of nitrogens with one attached hydrogen (secondary N) is 1. The predicted octanol–water partition coefficient (Wildman–Crippen LogP) is 0.991. The van der Waals surface area contributed by atoms with E-state index in [0.29, 0.717) is 12.0 Å². The van der Waals surface area contributed by atoms with Gasteiger partial charge in [-0.25, -0.2) is 0 Å². The standard InChI is InChI=1S/C10H18N4O/c1-7(2)9-12-10(13-15-9)14-5-4-11-6-8(14)3/h7-8,11H,4-6H2,1-3H3/t8-/m0/s1. The molecule has 0 spiro atoms. The Labute approximate surface area is 89.8 Å². The molecule has 5 heteroatoms. The topological polar surface area (TPSA) is 54.2 Å². The van der Waals surface area contributed by atoms with Crippen molar-refractivity contribution in [3.8, 4) is 0 Å². The lowest BCUT2D eigenvalue weighted by Gasteiger charge is -2.32. The molecule has 1 atom stereocenters. The summed E-state index contributed by atoms with van der Waals surface area (Å²) in [6.07, 6.45) is 0. The van der Waals surface area contributed by atoms with Crippen molar-refractivity contribution in [3.63, 3.8) is 0 Å². The van der Waals surface area contributed by atoms with Gasteiger partial charge in [-0.2, -0.15) is 4.98 Å². The van der Waals surface area contributed by atoms with E-state index in [-0.39, 0.29) is 0 Å². The summed E-state index contributed by atoms with van der Waals surface area (Å²) >= 11 is 0. The second-order valence-electron chi connectivity index (χ2n) is 4.33. The van der Waals surface area contributed by atoms with E-state index in [0.717, 1.165) is 31.5 Å². The number of hydrogen-bond acceptors (Lipinski definition) is 5. The van der Waals surface area contributed by atoms with Gasteiger partial charge in [-0.3, -0.25) is 0 Å². The van der Waals surface area contributed by atoms with Crippen LogP contribution < -0.4 is 10.2 Å². The summed E-state index contributed by atoms with van der Waals surface area (Å²) in [5.41, 5.74) is 0. The van der Waals surface area contributed by atoms with Crippen LogP contribution in [0.4, 0.5) is 5.95 Å². The minimum absolute atomic E-state index is 0.296. The van der Waals surface area contributed by atoms with Crippen LogP contribution in [-0.4, -0.2) is 35.8 Å². The maximum absolute atomic E-state index is 5.20. The highest BCUT2D eigenvalue weighted by atomic mass is 16.5. The Morgan fingerprint density at radius 1 is 1.53 bits per heavy atom. The lowest BCUT2D eigenvalue weighted by molar-refractivity contribution is 0.362. The van der Waals surface area contributed by atoms with Gasteiger partial charge in [0.1, 0.15) is 0 Å². The average Bonchev–Trinajstić information content (AvgIpc) is 2.67. The van der Waals surface area contributed by atoms with Crippen LogP contribution >= 0.6 is 0 Å². The molecule has 2 heterocycles. The van der Waals surface area contributed by atoms with Gasteiger partial charge in [0, 0.05) is 31.6 Å². The second-order valence-corrected chi connectivity index (χ2v) is 4.33. The first kappa shape index (κ1) is 10.4. The van der Waals surface area contributed by atoms with E-state index in [1.807, 2.05) is 0 Å². The fourth-order valence-electron chi connectivity index (χ4n) is 1.72. The van der Waals surface area contributed by atoms with Crippen molar-refractivity contribution in [1.82, 2.24) is 15.5 Å². The molecule has 5 nitrogen and oxygen atoms in total. The molecule has 84 valence electrons. The van der Waals surface area contributed by atoms with Crippen molar-refractivity contribution in [3.05, 3.63) is 5.89 Å². The SMILES string of the molecule is CC(C)c1nc(N2CCNC[C@@H]2C)no1. The Morgan fingerprint density at radius 2 is 2.33 bits per heavy atom. The van der Waals surface area contributed by atoms with Crippen LogP contribution in [0.5, 0.6) is 0 Å². The quantitative estimate of drug-likeness (QED) is 0.789. The summed E-state index contributed by atoms with van der Waals surface area (Å²) in [6.45, 7) is 9.17. The normalized spacial score (nSPS) is 22.4. The molecule has 0 radical (unpaired) electrons. The Hall–Kier alpha value is -1.10. The third kappa shape index (κ3) is 2.12. The van der Waals surface area contributed by atoms with Crippen molar-refractivity contribution < 1.29 is 4.52 Å². The lowest BCUT2D eigenvalue weighted by atomic mass is 10.2. The van der Waals surface area contributed by atoms with Crippen LogP contribution in [0.15, 0.2) is 4.52 Å².